The number of carbonyl (C=O) groups excluding carboxylic acids is 2. The van der Waals surface area contributed by atoms with Crippen molar-refractivity contribution in [2.75, 3.05) is 11.1 Å². The Balaban J connectivity index is 2.91. The SMILES string of the molecule is CC(=O)N[C@H](C(=O)Nc1ccc(N)cn1)C(C)(C)SN=O. The number of nitrogens with zero attached hydrogens (tertiary/aromatic N) is 2. The first kappa shape index (κ1) is 16.9. The number of nitrogens with one attached hydrogen (secondary N) is 2. The second kappa shape index (κ2) is 7.02. The number of hydrogen-bond donors (Lipinski definition) is 3. The molecular formula is C12H17N5O3S. The fourth-order valence-electron chi connectivity index (χ4n) is 1.58. The van der Waals surface area contributed by atoms with Crippen molar-refractivity contribution >= 4 is 35.3 Å². The number of amides is 2. The van der Waals surface area contributed by atoms with Gasteiger partial charge in [-0.15, -0.1) is 4.91 Å². The highest BCUT2D eigenvalue weighted by atomic mass is 32.2. The van der Waals surface area contributed by atoms with Crippen molar-refractivity contribution in [1.82, 2.24) is 10.3 Å². The molecule has 0 spiro atoms. The van der Waals surface area contributed by atoms with Crippen molar-refractivity contribution in [3.05, 3.63) is 23.2 Å². The Labute approximate surface area is 126 Å². The lowest BCUT2D eigenvalue weighted by atomic mass is 10.0. The summed E-state index contributed by atoms with van der Waals surface area (Å²) in [6.07, 6.45) is 1.40. The summed E-state index contributed by atoms with van der Waals surface area (Å²) in [6, 6.07) is 2.18. The molecule has 1 rings (SSSR count). The standard InChI is InChI=1S/C12H17N5O3S/c1-7(18)15-10(12(2,3)21-17-20)11(19)16-9-5-4-8(13)6-14-9/h4-6,10H,13H2,1-3H3,(H,15,18)(H,14,16,19)/t10-/m1/s1. The van der Waals surface area contributed by atoms with Gasteiger partial charge in [-0.05, 0) is 26.0 Å². The van der Waals surface area contributed by atoms with Crippen LogP contribution in [0.2, 0.25) is 0 Å². The summed E-state index contributed by atoms with van der Waals surface area (Å²) in [6.45, 7) is 4.56. The van der Waals surface area contributed by atoms with Gasteiger partial charge in [-0.3, -0.25) is 9.59 Å². The molecule has 0 radical (unpaired) electrons. The number of aromatic nitrogens is 1. The van der Waals surface area contributed by atoms with Crippen LogP contribution in [0.1, 0.15) is 20.8 Å². The molecule has 0 unspecified atom stereocenters. The van der Waals surface area contributed by atoms with Crippen molar-refractivity contribution in [3.8, 4) is 0 Å². The summed E-state index contributed by atoms with van der Waals surface area (Å²) in [7, 11) is 0. The number of nitrogen functional groups attached to an aromatic ring is 1. The lowest BCUT2D eigenvalue weighted by molar-refractivity contribution is -0.125. The van der Waals surface area contributed by atoms with Crippen LogP contribution in [0.4, 0.5) is 11.5 Å². The number of hydrogen-bond acceptors (Lipinski definition) is 7. The number of pyridine rings is 1. The fraction of sp³-hybridized carbons (Fsp3) is 0.417. The summed E-state index contributed by atoms with van der Waals surface area (Å²) in [5.41, 5.74) is 5.97. The van der Waals surface area contributed by atoms with E-state index in [1.54, 1.807) is 19.9 Å². The molecule has 1 heterocycles. The average molecular weight is 311 g/mol. The lowest BCUT2D eigenvalue weighted by Crippen LogP contribution is -2.54. The maximum atomic E-state index is 12.3. The Morgan fingerprint density at radius 2 is 2.10 bits per heavy atom. The van der Waals surface area contributed by atoms with Crippen molar-refractivity contribution in [2.45, 2.75) is 31.6 Å². The smallest absolute Gasteiger partial charge is 0.249 e. The summed E-state index contributed by atoms with van der Waals surface area (Å²) in [5, 5.41) is 5.07. The first-order chi connectivity index (χ1) is 9.76. The quantitative estimate of drug-likeness (QED) is 0.537. The molecule has 1 atom stereocenters. The zero-order chi connectivity index (χ0) is 16.0. The van der Waals surface area contributed by atoms with Crippen LogP contribution in [0.5, 0.6) is 0 Å². The van der Waals surface area contributed by atoms with E-state index < -0.39 is 16.7 Å². The average Bonchev–Trinajstić information content (AvgIpc) is 2.38. The van der Waals surface area contributed by atoms with Crippen LogP contribution in [-0.2, 0) is 9.59 Å². The molecule has 0 bridgehead atoms. The Bertz CT molecular complexity index is 532. The van der Waals surface area contributed by atoms with Crippen LogP contribution in [0, 0.1) is 4.91 Å². The molecule has 4 N–H and O–H groups in total. The van der Waals surface area contributed by atoms with E-state index in [-0.39, 0.29) is 5.91 Å². The van der Waals surface area contributed by atoms with Gasteiger partial charge in [-0.1, -0.05) is 0 Å². The first-order valence-electron chi connectivity index (χ1n) is 6.06. The third kappa shape index (κ3) is 5.03. The molecular weight excluding hydrogens is 294 g/mol. The second-order valence-electron chi connectivity index (χ2n) is 4.87. The van der Waals surface area contributed by atoms with Crippen LogP contribution in [0.25, 0.3) is 0 Å². The zero-order valence-electron chi connectivity index (χ0n) is 11.9. The van der Waals surface area contributed by atoms with E-state index in [0.717, 1.165) is 0 Å². The van der Waals surface area contributed by atoms with E-state index in [1.807, 2.05) is 0 Å². The summed E-state index contributed by atoms with van der Waals surface area (Å²) < 4.78 is 1.83. The molecule has 1 aromatic rings. The third-order valence-corrected chi connectivity index (χ3v) is 3.40. The summed E-state index contributed by atoms with van der Waals surface area (Å²) in [5.74, 6) is -0.590. The molecule has 0 fully saturated rings. The first-order valence-corrected chi connectivity index (χ1v) is 6.84. The van der Waals surface area contributed by atoms with Gasteiger partial charge >= 0.3 is 0 Å². The number of nitroso groups, excluding NO2 is 1. The fourth-order valence-corrected chi connectivity index (χ4v) is 2.05. The van der Waals surface area contributed by atoms with Gasteiger partial charge in [-0.2, -0.15) is 0 Å². The van der Waals surface area contributed by atoms with E-state index in [1.165, 1.54) is 19.2 Å². The number of carbonyl (C=O) groups is 2. The van der Waals surface area contributed by atoms with Gasteiger partial charge in [0.2, 0.25) is 11.8 Å². The molecule has 0 aliphatic heterocycles. The Hall–Kier alpha value is -2.16. The molecule has 0 saturated heterocycles. The molecule has 2 amide bonds. The van der Waals surface area contributed by atoms with Crippen molar-refractivity contribution in [2.24, 2.45) is 4.58 Å². The Morgan fingerprint density at radius 3 is 2.57 bits per heavy atom. The maximum absolute atomic E-state index is 12.3. The highest BCUT2D eigenvalue weighted by Crippen LogP contribution is 2.29. The van der Waals surface area contributed by atoms with E-state index in [0.29, 0.717) is 23.5 Å². The minimum atomic E-state index is -0.947. The normalized spacial score (nSPS) is 12.3. The van der Waals surface area contributed by atoms with Gasteiger partial charge in [0, 0.05) is 23.5 Å². The van der Waals surface area contributed by atoms with Gasteiger partial charge in [0.05, 0.1) is 16.6 Å². The monoisotopic (exact) mass is 311 g/mol. The molecule has 0 aliphatic rings. The largest absolute Gasteiger partial charge is 0.397 e. The molecule has 1 aromatic heterocycles. The van der Waals surface area contributed by atoms with Gasteiger partial charge in [0.15, 0.2) is 0 Å². The molecule has 0 aliphatic carbocycles. The predicted octanol–water partition coefficient (Wildman–Crippen LogP) is 1.30. The van der Waals surface area contributed by atoms with E-state index in [2.05, 4.69) is 20.2 Å². The maximum Gasteiger partial charge on any atom is 0.249 e. The van der Waals surface area contributed by atoms with E-state index in [9.17, 15) is 14.5 Å². The highest BCUT2D eigenvalue weighted by molar-refractivity contribution is 7.99. The van der Waals surface area contributed by atoms with Crippen LogP contribution in [0.15, 0.2) is 22.9 Å². The van der Waals surface area contributed by atoms with Gasteiger partial charge in [0.25, 0.3) is 0 Å². The predicted molar refractivity (Wildman–Crippen MR) is 82.3 cm³/mol. The number of rotatable bonds is 6. The van der Waals surface area contributed by atoms with Crippen LogP contribution in [-0.4, -0.2) is 27.6 Å². The number of anilines is 2. The minimum Gasteiger partial charge on any atom is -0.397 e. The van der Waals surface area contributed by atoms with E-state index >= 15 is 0 Å². The summed E-state index contributed by atoms with van der Waals surface area (Å²) in [4.78, 5) is 38.0. The second-order valence-corrected chi connectivity index (χ2v) is 6.25. The topological polar surface area (TPSA) is 127 Å². The van der Waals surface area contributed by atoms with E-state index in [4.69, 9.17) is 5.73 Å². The van der Waals surface area contributed by atoms with Gasteiger partial charge < -0.3 is 16.4 Å². The Kier molecular flexibility index (Phi) is 5.65. The van der Waals surface area contributed by atoms with Crippen molar-refractivity contribution in [3.63, 3.8) is 0 Å². The Morgan fingerprint density at radius 1 is 1.43 bits per heavy atom. The van der Waals surface area contributed by atoms with Crippen LogP contribution in [0.3, 0.4) is 0 Å². The van der Waals surface area contributed by atoms with Gasteiger partial charge in [-0.25, -0.2) is 4.98 Å². The zero-order valence-corrected chi connectivity index (χ0v) is 12.7. The third-order valence-electron chi connectivity index (χ3n) is 2.62. The molecule has 8 nitrogen and oxygen atoms in total. The van der Waals surface area contributed by atoms with Crippen molar-refractivity contribution in [1.29, 1.82) is 0 Å². The van der Waals surface area contributed by atoms with Crippen LogP contribution < -0.4 is 16.4 Å². The minimum absolute atomic E-state index is 0.296. The molecule has 9 heteroatoms. The van der Waals surface area contributed by atoms with Gasteiger partial charge in [0.1, 0.15) is 11.9 Å². The molecule has 114 valence electrons. The molecule has 21 heavy (non-hydrogen) atoms. The number of nitrogens with two attached hydrogens (primary N) is 1. The molecule has 0 aromatic carbocycles. The summed E-state index contributed by atoms with van der Waals surface area (Å²) >= 11 is 0.678. The van der Waals surface area contributed by atoms with Crippen molar-refractivity contribution < 1.29 is 9.59 Å². The van der Waals surface area contributed by atoms with Crippen LogP contribution >= 0.6 is 11.9 Å². The lowest BCUT2D eigenvalue weighted by Gasteiger charge is -2.29. The molecule has 0 saturated carbocycles. The highest BCUT2D eigenvalue weighted by Gasteiger charge is 2.37.